The zero-order chi connectivity index (χ0) is 17.3. The summed E-state index contributed by atoms with van der Waals surface area (Å²) in [5.74, 6) is 1.28. The fraction of sp³-hybridized carbons (Fsp3) is 0.632. The molecule has 0 bridgehead atoms. The van der Waals surface area contributed by atoms with Crippen LogP contribution in [0.1, 0.15) is 37.7 Å². The average Bonchev–Trinajstić information content (AvgIpc) is 3.08. The average molecular weight is 333 g/mol. The van der Waals surface area contributed by atoms with Crippen molar-refractivity contribution in [1.29, 1.82) is 0 Å². The Labute approximate surface area is 145 Å². The van der Waals surface area contributed by atoms with Crippen LogP contribution in [0.25, 0.3) is 0 Å². The standard InChI is InChI=1S/C19H31N3O2/c1-3-16(17-7-5-4-6-8-17)13-21-18(20-2)22-14-19(9-11-23)10-12-24-15-19/h4-8,16,23H,3,9-15H2,1-2H3,(H2,20,21,22). The van der Waals surface area contributed by atoms with Gasteiger partial charge in [-0.05, 0) is 24.8 Å². The van der Waals surface area contributed by atoms with Gasteiger partial charge in [0, 0.05) is 44.7 Å². The maximum atomic E-state index is 9.32. The molecular weight excluding hydrogens is 302 g/mol. The molecule has 3 N–H and O–H groups in total. The molecule has 1 aromatic rings. The van der Waals surface area contributed by atoms with Crippen molar-refractivity contribution in [3.63, 3.8) is 0 Å². The van der Waals surface area contributed by atoms with E-state index in [1.807, 2.05) is 0 Å². The first kappa shape index (κ1) is 18.7. The molecule has 1 aliphatic heterocycles. The maximum Gasteiger partial charge on any atom is 0.191 e. The molecule has 0 amide bonds. The Hall–Kier alpha value is -1.59. The zero-order valence-electron chi connectivity index (χ0n) is 14.9. The molecule has 1 aliphatic rings. The molecule has 1 saturated heterocycles. The third-order valence-corrected chi connectivity index (χ3v) is 4.96. The Balaban J connectivity index is 1.85. The molecule has 1 aromatic carbocycles. The minimum absolute atomic E-state index is 0.0238. The van der Waals surface area contributed by atoms with E-state index in [9.17, 15) is 5.11 Å². The minimum atomic E-state index is 0.0238. The summed E-state index contributed by atoms with van der Waals surface area (Å²) in [6.07, 6.45) is 2.83. The molecule has 1 heterocycles. The topological polar surface area (TPSA) is 65.9 Å². The van der Waals surface area contributed by atoms with E-state index in [1.54, 1.807) is 7.05 Å². The van der Waals surface area contributed by atoms with Gasteiger partial charge >= 0.3 is 0 Å². The summed E-state index contributed by atoms with van der Waals surface area (Å²) < 4.78 is 5.54. The Morgan fingerprint density at radius 3 is 2.71 bits per heavy atom. The molecule has 24 heavy (non-hydrogen) atoms. The molecule has 2 atom stereocenters. The molecule has 1 fully saturated rings. The molecule has 0 aromatic heterocycles. The van der Waals surface area contributed by atoms with Crippen molar-refractivity contribution >= 4 is 5.96 Å². The van der Waals surface area contributed by atoms with Crippen LogP contribution in [0.15, 0.2) is 35.3 Å². The highest BCUT2D eigenvalue weighted by molar-refractivity contribution is 5.79. The van der Waals surface area contributed by atoms with E-state index in [0.717, 1.165) is 44.9 Å². The Bertz CT molecular complexity index is 499. The monoisotopic (exact) mass is 333 g/mol. The van der Waals surface area contributed by atoms with E-state index >= 15 is 0 Å². The van der Waals surface area contributed by atoms with E-state index in [2.05, 4.69) is 52.9 Å². The van der Waals surface area contributed by atoms with Gasteiger partial charge in [-0.3, -0.25) is 4.99 Å². The number of nitrogens with zero attached hydrogens (tertiary/aromatic N) is 1. The quantitative estimate of drug-likeness (QED) is 0.504. The van der Waals surface area contributed by atoms with Crippen molar-refractivity contribution in [2.75, 3.05) is 40.0 Å². The third kappa shape index (κ3) is 5.21. The van der Waals surface area contributed by atoms with Crippen molar-refractivity contribution in [2.45, 2.75) is 32.1 Å². The first-order valence-electron chi connectivity index (χ1n) is 8.91. The molecular formula is C19H31N3O2. The molecule has 0 radical (unpaired) electrons. The lowest BCUT2D eigenvalue weighted by atomic mass is 9.84. The van der Waals surface area contributed by atoms with Gasteiger partial charge in [-0.15, -0.1) is 0 Å². The number of aliphatic hydroxyl groups is 1. The SMILES string of the molecule is CCC(CNC(=NC)NCC1(CCO)CCOC1)c1ccccc1. The molecule has 0 aliphatic carbocycles. The molecule has 0 spiro atoms. The highest BCUT2D eigenvalue weighted by Crippen LogP contribution is 2.31. The number of rotatable bonds is 8. The number of nitrogens with one attached hydrogen (secondary N) is 2. The van der Waals surface area contributed by atoms with Gasteiger partial charge in [-0.2, -0.15) is 0 Å². The summed E-state index contributed by atoms with van der Waals surface area (Å²) in [6.45, 7) is 5.52. The number of hydrogen-bond acceptors (Lipinski definition) is 3. The largest absolute Gasteiger partial charge is 0.396 e. The summed E-state index contributed by atoms with van der Waals surface area (Å²) in [5.41, 5.74) is 1.37. The van der Waals surface area contributed by atoms with Gasteiger partial charge in [-0.25, -0.2) is 0 Å². The first-order valence-corrected chi connectivity index (χ1v) is 8.91. The second-order valence-corrected chi connectivity index (χ2v) is 6.60. The molecule has 0 saturated carbocycles. The fourth-order valence-corrected chi connectivity index (χ4v) is 3.25. The van der Waals surface area contributed by atoms with Gasteiger partial charge < -0.3 is 20.5 Å². The van der Waals surface area contributed by atoms with Gasteiger partial charge in [0.1, 0.15) is 0 Å². The lowest BCUT2D eigenvalue weighted by Gasteiger charge is -2.28. The van der Waals surface area contributed by atoms with Crippen molar-refractivity contribution in [2.24, 2.45) is 10.4 Å². The number of hydrogen-bond donors (Lipinski definition) is 3. The van der Waals surface area contributed by atoms with Crippen LogP contribution in [0.3, 0.4) is 0 Å². The van der Waals surface area contributed by atoms with Crippen molar-refractivity contribution in [3.05, 3.63) is 35.9 Å². The predicted molar refractivity (Wildman–Crippen MR) is 98.4 cm³/mol. The van der Waals surface area contributed by atoms with Gasteiger partial charge in [-0.1, -0.05) is 37.3 Å². The van der Waals surface area contributed by atoms with Crippen LogP contribution < -0.4 is 10.6 Å². The number of guanidine groups is 1. The van der Waals surface area contributed by atoms with Gasteiger partial charge in [0.2, 0.25) is 0 Å². The first-order chi connectivity index (χ1) is 11.7. The Morgan fingerprint density at radius 2 is 2.12 bits per heavy atom. The Kier molecular flexibility index (Phi) is 7.53. The Morgan fingerprint density at radius 1 is 1.33 bits per heavy atom. The van der Waals surface area contributed by atoms with E-state index in [4.69, 9.17) is 4.74 Å². The van der Waals surface area contributed by atoms with Crippen LogP contribution in [0.5, 0.6) is 0 Å². The number of benzene rings is 1. The minimum Gasteiger partial charge on any atom is -0.396 e. The zero-order valence-corrected chi connectivity index (χ0v) is 14.9. The summed E-state index contributed by atoms with van der Waals surface area (Å²) in [4.78, 5) is 4.33. The van der Waals surface area contributed by atoms with Crippen LogP contribution in [-0.4, -0.2) is 51.0 Å². The van der Waals surface area contributed by atoms with Gasteiger partial charge in [0.15, 0.2) is 5.96 Å². The fourth-order valence-electron chi connectivity index (χ4n) is 3.25. The van der Waals surface area contributed by atoms with E-state index < -0.39 is 0 Å². The van der Waals surface area contributed by atoms with E-state index in [-0.39, 0.29) is 12.0 Å². The molecule has 5 heteroatoms. The highest BCUT2D eigenvalue weighted by atomic mass is 16.5. The third-order valence-electron chi connectivity index (χ3n) is 4.96. The lowest BCUT2D eigenvalue weighted by Crippen LogP contribution is -2.45. The smallest absolute Gasteiger partial charge is 0.191 e. The summed E-state index contributed by atoms with van der Waals surface area (Å²) in [6, 6.07) is 10.6. The molecule has 2 unspecified atom stereocenters. The van der Waals surface area contributed by atoms with Crippen LogP contribution in [-0.2, 0) is 4.74 Å². The summed E-state index contributed by atoms with van der Waals surface area (Å²) in [7, 11) is 1.79. The van der Waals surface area contributed by atoms with E-state index in [0.29, 0.717) is 12.5 Å². The molecule has 2 rings (SSSR count). The van der Waals surface area contributed by atoms with Gasteiger partial charge in [0.25, 0.3) is 0 Å². The second kappa shape index (κ2) is 9.64. The number of ether oxygens (including phenoxy) is 1. The van der Waals surface area contributed by atoms with Crippen molar-refractivity contribution < 1.29 is 9.84 Å². The van der Waals surface area contributed by atoms with Crippen LogP contribution in [0.2, 0.25) is 0 Å². The molecule has 5 nitrogen and oxygen atoms in total. The normalized spacial score (nSPS) is 22.4. The second-order valence-electron chi connectivity index (χ2n) is 6.60. The maximum absolute atomic E-state index is 9.32. The summed E-state index contributed by atoms with van der Waals surface area (Å²) in [5, 5.41) is 16.2. The number of aliphatic imine (C=N–C) groups is 1. The van der Waals surface area contributed by atoms with Crippen LogP contribution in [0.4, 0.5) is 0 Å². The van der Waals surface area contributed by atoms with Gasteiger partial charge in [0.05, 0.1) is 6.61 Å². The van der Waals surface area contributed by atoms with Crippen LogP contribution >= 0.6 is 0 Å². The number of aliphatic hydroxyl groups excluding tert-OH is 1. The van der Waals surface area contributed by atoms with Crippen LogP contribution in [0, 0.1) is 5.41 Å². The summed E-state index contributed by atoms with van der Waals surface area (Å²) >= 11 is 0. The van der Waals surface area contributed by atoms with E-state index in [1.165, 1.54) is 5.56 Å². The van der Waals surface area contributed by atoms with Crippen molar-refractivity contribution in [3.8, 4) is 0 Å². The molecule has 134 valence electrons. The predicted octanol–water partition coefficient (Wildman–Crippen LogP) is 2.13. The van der Waals surface area contributed by atoms with Crippen molar-refractivity contribution in [1.82, 2.24) is 10.6 Å². The highest BCUT2D eigenvalue weighted by Gasteiger charge is 2.34. The lowest BCUT2D eigenvalue weighted by molar-refractivity contribution is 0.127.